The van der Waals surface area contributed by atoms with Gasteiger partial charge < -0.3 is 10.2 Å². The first-order chi connectivity index (χ1) is 7.86. The first kappa shape index (κ1) is 14.0. The molecule has 1 heterocycles. The normalized spacial score (nSPS) is 18.9. The molecule has 2 nitrogen and oxygen atoms in total. The molecular weight excluding hydrogens is 196 g/mol. The number of hydrogen-bond acceptors (Lipinski definition) is 2. The van der Waals surface area contributed by atoms with Gasteiger partial charge in [-0.25, -0.2) is 0 Å². The van der Waals surface area contributed by atoms with Gasteiger partial charge in [0.25, 0.3) is 0 Å². The third-order valence-corrected chi connectivity index (χ3v) is 3.77. The lowest BCUT2D eigenvalue weighted by Gasteiger charge is -2.20. The van der Waals surface area contributed by atoms with Crippen molar-refractivity contribution in [2.45, 2.75) is 64.8 Å². The Hall–Kier alpha value is -0.0800. The molecule has 0 saturated carbocycles. The van der Waals surface area contributed by atoms with Gasteiger partial charge >= 0.3 is 0 Å². The maximum Gasteiger partial charge on any atom is 0.00618 e. The minimum atomic E-state index is 0.740. The molecule has 1 N–H and O–H groups in total. The predicted molar refractivity (Wildman–Crippen MR) is 71.9 cm³/mol. The number of nitrogens with zero attached hydrogens (tertiary/aromatic N) is 1. The monoisotopic (exact) mass is 226 g/mol. The first-order valence-corrected chi connectivity index (χ1v) is 7.32. The average molecular weight is 226 g/mol. The lowest BCUT2D eigenvalue weighted by atomic mass is 10.2. The van der Waals surface area contributed by atoms with Crippen LogP contribution in [0.4, 0.5) is 0 Å². The van der Waals surface area contributed by atoms with E-state index in [1.54, 1.807) is 0 Å². The summed E-state index contributed by atoms with van der Waals surface area (Å²) in [7, 11) is 0. The van der Waals surface area contributed by atoms with Crippen LogP contribution < -0.4 is 5.32 Å². The Labute approximate surface area is 102 Å². The van der Waals surface area contributed by atoms with E-state index >= 15 is 0 Å². The molecule has 1 saturated heterocycles. The summed E-state index contributed by atoms with van der Waals surface area (Å²) in [5.74, 6) is 0. The van der Waals surface area contributed by atoms with Crippen molar-refractivity contribution in [1.29, 1.82) is 0 Å². The third-order valence-electron chi connectivity index (χ3n) is 3.77. The Morgan fingerprint density at radius 2 is 1.62 bits per heavy atom. The van der Waals surface area contributed by atoms with Crippen LogP contribution in [0.2, 0.25) is 0 Å². The average Bonchev–Trinajstić information content (AvgIpc) is 2.58. The summed E-state index contributed by atoms with van der Waals surface area (Å²) in [5, 5.41) is 3.65. The van der Waals surface area contributed by atoms with Crippen LogP contribution in [0.5, 0.6) is 0 Å². The van der Waals surface area contributed by atoms with Crippen molar-refractivity contribution in [2.75, 3.05) is 26.2 Å². The molecule has 0 amide bonds. The van der Waals surface area contributed by atoms with E-state index in [9.17, 15) is 0 Å². The zero-order chi connectivity index (χ0) is 11.6. The van der Waals surface area contributed by atoms with Crippen molar-refractivity contribution >= 4 is 0 Å². The molecule has 2 heteroatoms. The van der Waals surface area contributed by atoms with Crippen LogP contribution in [0.25, 0.3) is 0 Å². The van der Waals surface area contributed by atoms with E-state index in [0.29, 0.717) is 0 Å². The third kappa shape index (κ3) is 5.86. The van der Waals surface area contributed by atoms with Crippen LogP contribution >= 0.6 is 0 Å². The van der Waals surface area contributed by atoms with Gasteiger partial charge in [0.15, 0.2) is 0 Å². The van der Waals surface area contributed by atoms with Gasteiger partial charge in [0.2, 0.25) is 0 Å². The summed E-state index contributed by atoms with van der Waals surface area (Å²) >= 11 is 0. The van der Waals surface area contributed by atoms with Crippen molar-refractivity contribution in [3.63, 3.8) is 0 Å². The van der Waals surface area contributed by atoms with E-state index < -0.39 is 0 Å². The summed E-state index contributed by atoms with van der Waals surface area (Å²) in [6, 6.07) is 0.740. The predicted octanol–water partition coefficient (Wildman–Crippen LogP) is 3.03. The maximum atomic E-state index is 3.65. The molecule has 1 rings (SSSR count). The quantitative estimate of drug-likeness (QED) is 0.671. The fourth-order valence-corrected chi connectivity index (χ4v) is 2.55. The van der Waals surface area contributed by atoms with Gasteiger partial charge in [-0.2, -0.15) is 0 Å². The van der Waals surface area contributed by atoms with Crippen LogP contribution in [0, 0.1) is 0 Å². The number of rotatable bonds is 7. The van der Waals surface area contributed by atoms with E-state index in [1.165, 1.54) is 71.1 Å². The molecule has 0 aromatic carbocycles. The van der Waals surface area contributed by atoms with E-state index in [0.717, 1.165) is 6.04 Å². The Balaban J connectivity index is 2.00. The van der Waals surface area contributed by atoms with E-state index in [2.05, 4.69) is 24.1 Å². The van der Waals surface area contributed by atoms with Gasteiger partial charge in [0, 0.05) is 6.04 Å². The molecular formula is C14H30N2. The molecule has 0 atom stereocenters. The number of nitrogens with one attached hydrogen (secondary N) is 1. The summed E-state index contributed by atoms with van der Waals surface area (Å²) in [4.78, 5) is 2.65. The minimum absolute atomic E-state index is 0.740. The molecule has 1 fully saturated rings. The number of likely N-dealkylation sites (tertiary alicyclic amines) is 1. The summed E-state index contributed by atoms with van der Waals surface area (Å²) in [5.41, 5.74) is 0. The van der Waals surface area contributed by atoms with Gasteiger partial charge in [-0.15, -0.1) is 0 Å². The topological polar surface area (TPSA) is 15.3 Å². The van der Waals surface area contributed by atoms with Gasteiger partial charge in [-0.1, -0.05) is 26.7 Å². The fourth-order valence-electron chi connectivity index (χ4n) is 2.55. The van der Waals surface area contributed by atoms with Crippen LogP contribution in [0.15, 0.2) is 0 Å². The summed E-state index contributed by atoms with van der Waals surface area (Å²) in [6.07, 6.45) is 9.57. The lowest BCUT2D eigenvalue weighted by molar-refractivity contribution is 0.277. The van der Waals surface area contributed by atoms with Crippen molar-refractivity contribution in [3.8, 4) is 0 Å². The smallest absolute Gasteiger partial charge is 0.00618 e. The van der Waals surface area contributed by atoms with Crippen molar-refractivity contribution in [3.05, 3.63) is 0 Å². The minimum Gasteiger partial charge on any atom is -0.314 e. The molecule has 0 bridgehead atoms. The molecule has 16 heavy (non-hydrogen) atoms. The highest BCUT2D eigenvalue weighted by Crippen LogP contribution is 2.09. The molecule has 0 aliphatic carbocycles. The van der Waals surface area contributed by atoms with Crippen molar-refractivity contribution < 1.29 is 0 Å². The second-order valence-electron chi connectivity index (χ2n) is 5.08. The fraction of sp³-hybridized carbons (Fsp3) is 1.00. The second kappa shape index (κ2) is 9.00. The Kier molecular flexibility index (Phi) is 7.87. The molecule has 0 spiro atoms. The van der Waals surface area contributed by atoms with E-state index in [1.807, 2.05) is 0 Å². The Bertz CT molecular complexity index is 147. The SMILES string of the molecule is CCC(CC)NCCCN1CCCCCC1. The number of hydrogen-bond donors (Lipinski definition) is 1. The van der Waals surface area contributed by atoms with E-state index in [4.69, 9.17) is 0 Å². The highest BCUT2D eigenvalue weighted by atomic mass is 15.1. The molecule has 0 aromatic rings. The van der Waals surface area contributed by atoms with Crippen molar-refractivity contribution in [2.24, 2.45) is 0 Å². The largest absolute Gasteiger partial charge is 0.314 e. The van der Waals surface area contributed by atoms with Gasteiger partial charge in [-0.3, -0.25) is 0 Å². The Morgan fingerprint density at radius 1 is 1.00 bits per heavy atom. The van der Waals surface area contributed by atoms with Crippen LogP contribution in [0.1, 0.15) is 58.8 Å². The highest BCUT2D eigenvalue weighted by molar-refractivity contribution is 4.66. The zero-order valence-corrected chi connectivity index (χ0v) is 11.3. The summed E-state index contributed by atoms with van der Waals surface area (Å²) < 4.78 is 0. The zero-order valence-electron chi connectivity index (χ0n) is 11.3. The molecule has 0 radical (unpaired) electrons. The highest BCUT2D eigenvalue weighted by Gasteiger charge is 2.08. The molecule has 0 unspecified atom stereocenters. The summed E-state index contributed by atoms with van der Waals surface area (Å²) in [6.45, 7) is 9.72. The van der Waals surface area contributed by atoms with Gasteiger partial charge in [0.1, 0.15) is 0 Å². The van der Waals surface area contributed by atoms with Gasteiger partial charge in [0.05, 0.1) is 0 Å². The van der Waals surface area contributed by atoms with Crippen LogP contribution in [-0.2, 0) is 0 Å². The molecule has 1 aliphatic heterocycles. The van der Waals surface area contributed by atoms with Crippen LogP contribution in [-0.4, -0.2) is 37.1 Å². The second-order valence-corrected chi connectivity index (χ2v) is 5.08. The molecule has 0 aromatic heterocycles. The standard InChI is InChI=1S/C14H30N2/c1-3-14(4-2)15-10-9-13-16-11-7-5-6-8-12-16/h14-15H,3-13H2,1-2H3. The molecule has 96 valence electrons. The van der Waals surface area contributed by atoms with Gasteiger partial charge in [-0.05, 0) is 58.3 Å². The van der Waals surface area contributed by atoms with Crippen LogP contribution in [0.3, 0.4) is 0 Å². The first-order valence-electron chi connectivity index (χ1n) is 7.32. The Morgan fingerprint density at radius 3 is 2.19 bits per heavy atom. The van der Waals surface area contributed by atoms with Crippen molar-refractivity contribution in [1.82, 2.24) is 10.2 Å². The lowest BCUT2D eigenvalue weighted by Crippen LogP contribution is -2.32. The maximum absolute atomic E-state index is 3.65. The molecule has 1 aliphatic rings. The van der Waals surface area contributed by atoms with E-state index in [-0.39, 0.29) is 0 Å².